The Morgan fingerprint density at radius 3 is 2.72 bits per heavy atom. The fourth-order valence-corrected chi connectivity index (χ4v) is 1.39. The molecule has 0 aliphatic carbocycles. The normalized spacial score (nSPS) is 12.2. The van der Waals surface area contributed by atoms with Crippen LogP contribution in [0, 0.1) is 5.82 Å². The van der Waals surface area contributed by atoms with Gasteiger partial charge in [0, 0.05) is 11.8 Å². The van der Waals surface area contributed by atoms with E-state index < -0.39 is 5.82 Å². The standard InChI is InChI=1S/C12H14ClFN2OS/c1-12(2,3)17-7-10(13)16-11(18)8-4-9(14)6-15-5-8/h4-7H,1-3H3,(H,16,18)/b10-7+. The molecule has 0 aromatic carbocycles. The molecule has 0 unspecified atom stereocenters. The fourth-order valence-electron chi connectivity index (χ4n) is 0.975. The minimum absolute atomic E-state index is 0.221. The lowest BCUT2D eigenvalue weighted by Crippen LogP contribution is -2.21. The maximum Gasteiger partial charge on any atom is 0.142 e. The molecule has 0 saturated carbocycles. The van der Waals surface area contributed by atoms with E-state index in [-0.39, 0.29) is 15.7 Å². The van der Waals surface area contributed by atoms with Crippen LogP contribution in [0.5, 0.6) is 0 Å². The maximum absolute atomic E-state index is 12.9. The van der Waals surface area contributed by atoms with Gasteiger partial charge in [0.15, 0.2) is 0 Å². The van der Waals surface area contributed by atoms with Crippen molar-refractivity contribution in [3.63, 3.8) is 0 Å². The van der Waals surface area contributed by atoms with E-state index in [1.165, 1.54) is 18.5 Å². The summed E-state index contributed by atoms with van der Waals surface area (Å²) in [5.74, 6) is -0.456. The molecule has 98 valence electrons. The largest absolute Gasteiger partial charge is 0.493 e. The minimum Gasteiger partial charge on any atom is -0.493 e. The van der Waals surface area contributed by atoms with E-state index in [2.05, 4.69) is 10.3 Å². The van der Waals surface area contributed by atoms with Crippen LogP contribution in [0.2, 0.25) is 0 Å². The Balaban J connectivity index is 2.65. The van der Waals surface area contributed by atoms with Crippen molar-refractivity contribution in [1.82, 2.24) is 10.3 Å². The average Bonchev–Trinajstić information content (AvgIpc) is 2.25. The average molecular weight is 289 g/mol. The third-order valence-corrected chi connectivity index (χ3v) is 2.24. The lowest BCUT2D eigenvalue weighted by molar-refractivity contribution is 0.0755. The molecular weight excluding hydrogens is 275 g/mol. The zero-order chi connectivity index (χ0) is 13.8. The molecule has 3 nitrogen and oxygen atoms in total. The lowest BCUT2D eigenvalue weighted by atomic mass is 10.2. The van der Waals surface area contributed by atoms with Crippen LogP contribution < -0.4 is 5.32 Å². The van der Waals surface area contributed by atoms with Crippen molar-refractivity contribution in [2.45, 2.75) is 26.4 Å². The van der Waals surface area contributed by atoms with Crippen LogP contribution in [0.15, 0.2) is 29.9 Å². The van der Waals surface area contributed by atoms with E-state index in [4.69, 9.17) is 28.6 Å². The summed E-state index contributed by atoms with van der Waals surface area (Å²) < 4.78 is 18.3. The second-order valence-electron chi connectivity index (χ2n) is 4.54. The topological polar surface area (TPSA) is 34.1 Å². The Kier molecular flexibility index (Phi) is 5.04. The molecule has 1 rings (SSSR count). The second kappa shape index (κ2) is 6.11. The van der Waals surface area contributed by atoms with Gasteiger partial charge in [0.1, 0.15) is 22.2 Å². The molecule has 1 N–H and O–H groups in total. The van der Waals surface area contributed by atoms with Crippen molar-refractivity contribution in [3.05, 3.63) is 41.3 Å². The summed E-state index contributed by atoms with van der Waals surface area (Å²) in [7, 11) is 0. The third-order valence-electron chi connectivity index (χ3n) is 1.72. The summed E-state index contributed by atoms with van der Waals surface area (Å²) >= 11 is 11.0. The number of thiocarbonyl (C=S) groups is 1. The molecule has 1 aromatic rings. The predicted octanol–water partition coefficient (Wildman–Crippen LogP) is 3.34. The highest BCUT2D eigenvalue weighted by Gasteiger charge is 2.09. The molecule has 6 heteroatoms. The summed E-state index contributed by atoms with van der Waals surface area (Å²) in [4.78, 5) is 3.98. The van der Waals surface area contributed by atoms with Gasteiger partial charge in [-0.05, 0) is 26.8 Å². The van der Waals surface area contributed by atoms with E-state index in [1.54, 1.807) is 0 Å². The molecule has 0 aliphatic heterocycles. The van der Waals surface area contributed by atoms with Crippen LogP contribution in [0.1, 0.15) is 26.3 Å². The van der Waals surface area contributed by atoms with E-state index in [1.807, 2.05) is 20.8 Å². The SMILES string of the molecule is CC(C)(C)O/C=C(\Cl)NC(=S)c1cncc(F)c1. The van der Waals surface area contributed by atoms with Crippen LogP contribution >= 0.6 is 23.8 Å². The first-order valence-electron chi connectivity index (χ1n) is 5.23. The summed E-state index contributed by atoms with van der Waals surface area (Å²) in [5.41, 5.74) is 0.108. The summed E-state index contributed by atoms with van der Waals surface area (Å²) in [6.45, 7) is 5.67. The number of pyridine rings is 1. The first kappa shape index (κ1) is 14.9. The number of ether oxygens (including phenoxy) is 1. The van der Waals surface area contributed by atoms with E-state index in [0.29, 0.717) is 5.56 Å². The molecule has 0 amide bonds. The number of hydrogen-bond donors (Lipinski definition) is 1. The number of aromatic nitrogens is 1. The summed E-state index contributed by atoms with van der Waals surface area (Å²) in [5, 5.41) is 2.94. The second-order valence-corrected chi connectivity index (χ2v) is 5.36. The fraction of sp³-hybridized carbons (Fsp3) is 0.333. The number of nitrogens with one attached hydrogen (secondary N) is 1. The van der Waals surface area contributed by atoms with Crippen molar-refractivity contribution in [2.24, 2.45) is 0 Å². The number of halogens is 2. The molecule has 0 spiro atoms. The molecule has 1 heterocycles. The number of nitrogens with zero attached hydrogens (tertiary/aromatic N) is 1. The Morgan fingerprint density at radius 1 is 1.50 bits per heavy atom. The zero-order valence-corrected chi connectivity index (χ0v) is 11.9. The predicted molar refractivity (Wildman–Crippen MR) is 73.8 cm³/mol. The number of rotatable bonds is 3. The zero-order valence-electron chi connectivity index (χ0n) is 10.3. The highest BCUT2D eigenvalue weighted by molar-refractivity contribution is 7.80. The van der Waals surface area contributed by atoms with Gasteiger partial charge in [-0.25, -0.2) is 4.39 Å². The van der Waals surface area contributed by atoms with Crippen molar-refractivity contribution in [3.8, 4) is 0 Å². The van der Waals surface area contributed by atoms with Gasteiger partial charge >= 0.3 is 0 Å². The number of hydrogen-bond acceptors (Lipinski definition) is 3. The molecule has 0 atom stereocenters. The van der Waals surface area contributed by atoms with Crippen molar-refractivity contribution < 1.29 is 9.13 Å². The minimum atomic E-state index is -0.456. The van der Waals surface area contributed by atoms with Crippen LogP contribution in [0.25, 0.3) is 0 Å². The van der Waals surface area contributed by atoms with Crippen molar-refractivity contribution >= 4 is 28.8 Å². The van der Waals surface area contributed by atoms with Crippen molar-refractivity contribution in [1.29, 1.82) is 0 Å². The molecule has 0 saturated heterocycles. The van der Waals surface area contributed by atoms with E-state index in [9.17, 15) is 4.39 Å². The Labute approximate surface area is 116 Å². The van der Waals surface area contributed by atoms with Gasteiger partial charge in [-0.2, -0.15) is 0 Å². The van der Waals surface area contributed by atoms with Crippen LogP contribution in [0.3, 0.4) is 0 Å². The smallest absolute Gasteiger partial charge is 0.142 e. The molecular formula is C12H14ClFN2OS. The van der Waals surface area contributed by atoms with Gasteiger partial charge in [0.2, 0.25) is 0 Å². The first-order chi connectivity index (χ1) is 8.28. The highest BCUT2D eigenvalue weighted by Crippen LogP contribution is 2.10. The van der Waals surface area contributed by atoms with Gasteiger partial charge in [-0.15, -0.1) is 0 Å². The monoisotopic (exact) mass is 288 g/mol. The third kappa shape index (κ3) is 5.42. The van der Waals surface area contributed by atoms with Crippen molar-refractivity contribution in [2.75, 3.05) is 0 Å². The van der Waals surface area contributed by atoms with Gasteiger partial charge in [-0.1, -0.05) is 23.8 Å². The van der Waals surface area contributed by atoms with Crippen LogP contribution in [0.4, 0.5) is 4.39 Å². The summed E-state index contributed by atoms with van der Waals surface area (Å²) in [6.07, 6.45) is 3.92. The first-order valence-corrected chi connectivity index (χ1v) is 6.02. The molecule has 1 aromatic heterocycles. The van der Waals surface area contributed by atoms with Crippen LogP contribution in [-0.2, 0) is 4.74 Å². The highest BCUT2D eigenvalue weighted by atomic mass is 35.5. The van der Waals surface area contributed by atoms with Gasteiger partial charge in [0.25, 0.3) is 0 Å². The van der Waals surface area contributed by atoms with Crippen LogP contribution in [-0.4, -0.2) is 15.6 Å². The Morgan fingerprint density at radius 2 is 2.17 bits per heavy atom. The Bertz CT molecular complexity index is 471. The quantitative estimate of drug-likeness (QED) is 0.525. The maximum atomic E-state index is 12.9. The summed E-state index contributed by atoms with van der Waals surface area (Å²) in [6, 6.07) is 1.27. The van der Waals surface area contributed by atoms with Gasteiger partial charge < -0.3 is 10.1 Å². The molecule has 0 radical (unpaired) electrons. The molecule has 0 aliphatic rings. The van der Waals surface area contributed by atoms with E-state index in [0.717, 1.165) is 6.20 Å². The lowest BCUT2D eigenvalue weighted by Gasteiger charge is -2.18. The molecule has 18 heavy (non-hydrogen) atoms. The van der Waals surface area contributed by atoms with Gasteiger partial charge in [-0.3, -0.25) is 4.98 Å². The molecule has 0 fully saturated rings. The van der Waals surface area contributed by atoms with Gasteiger partial charge in [0.05, 0.1) is 11.8 Å². The Hall–Kier alpha value is -1.20. The molecule has 0 bridgehead atoms. The van der Waals surface area contributed by atoms with E-state index >= 15 is 0 Å².